The number of amides is 2. The first-order valence-corrected chi connectivity index (χ1v) is 11.5. The minimum absolute atomic E-state index is 0. The standard InChI is InChI=1S/C20H34N4O3S.ClH/c1-4-10-24-11-12-28-20(24)23-22-19(27)17(25)16(13-14(2)3)21-18(26)15-8-6-5-7-9-15;/h14-16H,4-13H2,1-3H3,(H,21,26)(H,22,27);1H/t16-;/m0./s1. The summed E-state index contributed by atoms with van der Waals surface area (Å²) in [6.07, 6.45) is 6.41. The summed E-state index contributed by atoms with van der Waals surface area (Å²) in [4.78, 5) is 39.8. The fourth-order valence-corrected chi connectivity index (χ4v) is 4.65. The van der Waals surface area contributed by atoms with Gasteiger partial charge in [0, 0.05) is 24.8 Å². The second-order valence-electron chi connectivity index (χ2n) is 8.06. The zero-order valence-electron chi connectivity index (χ0n) is 17.7. The highest BCUT2D eigenvalue weighted by molar-refractivity contribution is 8.14. The van der Waals surface area contributed by atoms with E-state index in [1.807, 2.05) is 13.8 Å². The van der Waals surface area contributed by atoms with E-state index in [0.717, 1.165) is 62.5 Å². The molecule has 2 amide bonds. The van der Waals surface area contributed by atoms with Gasteiger partial charge in [-0.1, -0.05) is 51.8 Å². The second-order valence-corrected chi connectivity index (χ2v) is 9.12. The Morgan fingerprint density at radius 2 is 1.90 bits per heavy atom. The minimum atomic E-state index is -0.794. The largest absolute Gasteiger partial charge is 0.349 e. The van der Waals surface area contributed by atoms with Gasteiger partial charge in [-0.15, -0.1) is 17.5 Å². The highest BCUT2D eigenvalue weighted by Crippen LogP contribution is 2.24. The lowest BCUT2D eigenvalue weighted by molar-refractivity contribution is -0.140. The van der Waals surface area contributed by atoms with Crippen molar-refractivity contribution in [1.29, 1.82) is 0 Å². The first kappa shape index (κ1) is 25.8. The Morgan fingerprint density at radius 3 is 2.52 bits per heavy atom. The van der Waals surface area contributed by atoms with Gasteiger partial charge in [-0.25, -0.2) is 5.43 Å². The normalized spacial score (nSPS) is 19.7. The van der Waals surface area contributed by atoms with E-state index in [2.05, 4.69) is 27.7 Å². The lowest BCUT2D eigenvalue weighted by atomic mass is 9.88. The van der Waals surface area contributed by atoms with E-state index in [9.17, 15) is 14.4 Å². The molecule has 1 heterocycles. The number of thioether (sulfide) groups is 1. The van der Waals surface area contributed by atoms with E-state index in [1.54, 1.807) is 11.8 Å². The molecule has 0 bridgehead atoms. The van der Waals surface area contributed by atoms with Crippen LogP contribution in [0.2, 0.25) is 0 Å². The summed E-state index contributed by atoms with van der Waals surface area (Å²) in [5.74, 6) is -0.408. The Balaban J connectivity index is 0.00000420. The number of amidine groups is 1. The summed E-state index contributed by atoms with van der Waals surface area (Å²) >= 11 is 1.57. The molecule has 2 aliphatic rings. The van der Waals surface area contributed by atoms with E-state index in [-0.39, 0.29) is 30.2 Å². The molecule has 7 nitrogen and oxygen atoms in total. The van der Waals surface area contributed by atoms with Crippen molar-refractivity contribution < 1.29 is 14.4 Å². The van der Waals surface area contributed by atoms with Crippen LogP contribution in [-0.4, -0.2) is 52.5 Å². The number of halogens is 1. The number of carbonyl (C=O) groups is 3. The topological polar surface area (TPSA) is 90.9 Å². The molecular weight excluding hydrogens is 412 g/mol. The number of hydrogen-bond acceptors (Lipinski definition) is 5. The number of nitrogens with zero attached hydrogens (tertiary/aromatic N) is 2. The van der Waals surface area contributed by atoms with E-state index in [0.29, 0.717) is 6.42 Å². The lowest BCUT2D eigenvalue weighted by Crippen LogP contribution is -2.49. The van der Waals surface area contributed by atoms with Gasteiger partial charge in [-0.05, 0) is 31.6 Å². The van der Waals surface area contributed by atoms with Gasteiger partial charge in [0.15, 0.2) is 5.17 Å². The molecule has 2 fully saturated rings. The van der Waals surface area contributed by atoms with E-state index >= 15 is 0 Å². The van der Waals surface area contributed by atoms with Crippen molar-refractivity contribution in [3.05, 3.63) is 0 Å². The van der Waals surface area contributed by atoms with Crippen LogP contribution in [0.5, 0.6) is 0 Å². The van der Waals surface area contributed by atoms with Gasteiger partial charge in [0.1, 0.15) is 0 Å². The average molecular weight is 447 g/mol. The van der Waals surface area contributed by atoms with Crippen LogP contribution in [0.1, 0.15) is 65.7 Å². The maximum absolute atomic E-state index is 12.7. The molecule has 0 radical (unpaired) electrons. The lowest BCUT2D eigenvalue weighted by Gasteiger charge is -2.25. The van der Waals surface area contributed by atoms with Crippen LogP contribution in [0.4, 0.5) is 0 Å². The van der Waals surface area contributed by atoms with Gasteiger partial charge in [-0.3, -0.25) is 14.4 Å². The summed E-state index contributed by atoms with van der Waals surface area (Å²) in [7, 11) is 0. The molecule has 9 heteroatoms. The zero-order chi connectivity index (χ0) is 20.5. The smallest absolute Gasteiger partial charge is 0.309 e. The highest BCUT2D eigenvalue weighted by atomic mass is 35.5. The average Bonchev–Trinajstić information content (AvgIpc) is 3.12. The summed E-state index contributed by atoms with van der Waals surface area (Å²) < 4.78 is 0. The van der Waals surface area contributed by atoms with Crippen LogP contribution in [0, 0.1) is 11.8 Å². The van der Waals surface area contributed by atoms with Crippen LogP contribution in [-0.2, 0) is 14.4 Å². The third kappa shape index (κ3) is 8.16. The van der Waals surface area contributed by atoms with Crippen LogP contribution < -0.4 is 10.7 Å². The molecular formula is C20H35ClN4O3S. The van der Waals surface area contributed by atoms with Crippen molar-refractivity contribution >= 4 is 46.9 Å². The molecule has 1 aliphatic carbocycles. The number of rotatable bonds is 9. The van der Waals surface area contributed by atoms with Crippen LogP contribution in [0.15, 0.2) is 5.10 Å². The molecule has 1 saturated heterocycles. The van der Waals surface area contributed by atoms with Gasteiger partial charge in [0.25, 0.3) is 0 Å². The molecule has 2 N–H and O–H groups in total. The molecule has 0 aromatic heterocycles. The van der Waals surface area contributed by atoms with Crippen molar-refractivity contribution in [3.8, 4) is 0 Å². The molecule has 166 valence electrons. The molecule has 1 atom stereocenters. The number of nitrogens with one attached hydrogen (secondary N) is 2. The van der Waals surface area contributed by atoms with Crippen molar-refractivity contribution in [2.75, 3.05) is 18.8 Å². The van der Waals surface area contributed by atoms with Crippen molar-refractivity contribution in [2.45, 2.75) is 71.8 Å². The summed E-state index contributed by atoms with van der Waals surface area (Å²) in [6.45, 7) is 7.82. The number of carbonyl (C=O) groups excluding carboxylic acids is 3. The Bertz CT molecular complexity index is 594. The zero-order valence-corrected chi connectivity index (χ0v) is 19.4. The first-order chi connectivity index (χ1) is 13.4. The quantitative estimate of drug-likeness (QED) is 0.419. The molecule has 2 rings (SSSR count). The third-order valence-electron chi connectivity index (χ3n) is 5.15. The van der Waals surface area contributed by atoms with Crippen LogP contribution >= 0.6 is 24.2 Å². The maximum atomic E-state index is 12.7. The number of Topliss-reactive ketones (excluding diaryl/α,β-unsaturated/α-hetero) is 1. The van der Waals surface area contributed by atoms with Crippen LogP contribution in [0.25, 0.3) is 0 Å². The Kier molecular flexibility index (Phi) is 11.6. The van der Waals surface area contributed by atoms with Gasteiger partial charge in [-0.2, -0.15) is 0 Å². The molecule has 1 aliphatic heterocycles. The van der Waals surface area contributed by atoms with Crippen molar-refractivity contribution in [3.63, 3.8) is 0 Å². The summed E-state index contributed by atoms with van der Waals surface area (Å²) in [6, 6.07) is -0.794. The first-order valence-electron chi connectivity index (χ1n) is 10.5. The Labute approximate surface area is 184 Å². The Hall–Kier alpha value is -1.28. The predicted octanol–water partition coefficient (Wildman–Crippen LogP) is 2.93. The number of hydrogen-bond donors (Lipinski definition) is 2. The van der Waals surface area contributed by atoms with Crippen molar-refractivity contribution in [1.82, 2.24) is 15.6 Å². The Morgan fingerprint density at radius 1 is 1.21 bits per heavy atom. The van der Waals surface area contributed by atoms with E-state index in [4.69, 9.17) is 0 Å². The van der Waals surface area contributed by atoms with Gasteiger partial charge >= 0.3 is 5.91 Å². The molecule has 0 spiro atoms. The van der Waals surface area contributed by atoms with Gasteiger partial charge in [0.05, 0.1) is 6.04 Å². The summed E-state index contributed by atoms with van der Waals surface area (Å²) in [5.41, 5.74) is 2.40. The molecule has 0 unspecified atom stereocenters. The van der Waals surface area contributed by atoms with E-state index < -0.39 is 17.7 Å². The third-order valence-corrected chi connectivity index (χ3v) is 6.14. The fourth-order valence-electron chi connectivity index (χ4n) is 3.68. The molecule has 0 aromatic rings. The van der Waals surface area contributed by atoms with Gasteiger partial charge < -0.3 is 10.2 Å². The SMILES string of the molecule is CCCN1CCSC1=NNC(=O)C(=O)[C@H](CC(C)C)NC(=O)C1CCCCC1.Cl. The van der Waals surface area contributed by atoms with Gasteiger partial charge in [0.2, 0.25) is 11.7 Å². The molecule has 29 heavy (non-hydrogen) atoms. The monoisotopic (exact) mass is 446 g/mol. The highest BCUT2D eigenvalue weighted by Gasteiger charge is 2.31. The van der Waals surface area contributed by atoms with E-state index in [1.165, 1.54) is 0 Å². The minimum Gasteiger partial charge on any atom is -0.349 e. The molecule has 0 aromatic carbocycles. The van der Waals surface area contributed by atoms with Crippen molar-refractivity contribution in [2.24, 2.45) is 16.9 Å². The second kappa shape index (κ2) is 13.1. The maximum Gasteiger partial charge on any atom is 0.309 e. The fraction of sp³-hybridized carbons (Fsp3) is 0.800. The van der Waals surface area contributed by atoms with Crippen LogP contribution in [0.3, 0.4) is 0 Å². The summed E-state index contributed by atoms with van der Waals surface area (Å²) in [5, 5.41) is 7.73. The number of hydrazone groups is 1. The molecule has 1 saturated carbocycles. The predicted molar refractivity (Wildman–Crippen MR) is 120 cm³/mol. The number of ketones is 1.